The van der Waals surface area contributed by atoms with E-state index in [0.717, 1.165) is 16.6 Å². The highest BCUT2D eigenvalue weighted by Gasteiger charge is 2.19. The predicted octanol–water partition coefficient (Wildman–Crippen LogP) is 4.08. The molecule has 0 aliphatic heterocycles. The van der Waals surface area contributed by atoms with Gasteiger partial charge in [-0.05, 0) is 45.4 Å². The minimum atomic E-state index is -0.460. The third kappa shape index (κ3) is 6.80. The number of hydrogen-bond donors (Lipinski definition) is 0. The van der Waals surface area contributed by atoms with Gasteiger partial charge in [0.05, 0.1) is 6.61 Å². The van der Waals surface area contributed by atoms with E-state index in [9.17, 15) is 4.79 Å². The van der Waals surface area contributed by atoms with Crippen LogP contribution in [-0.2, 0) is 4.74 Å². The highest BCUT2D eigenvalue weighted by molar-refractivity contribution is 9.10. The quantitative estimate of drug-likeness (QED) is 0.756. The van der Waals surface area contributed by atoms with Crippen molar-refractivity contribution < 1.29 is 14.3 Å². The summed E-state index contributed by atoms with van der Waals surface area (Å²) in [6.07, 6.45) is 0.447. The van der Waals surface area contributed by atoms with Gasteiger partial charge in [0.1, 0.15) is 11.4 Å². The van der Waals surface area contributed by atoms with Crippen LogP contribution in [0.5, 0.6) is 5.75 Å². The van der Waals surface area contributed by atoms with Crippen LogP contribution < -0.4 is 4.74 Å². The Bertz CT molecular complexity index is 443. The van der Waals surface area contributed by atoms with Crippen LogP contribution in [0.3, 0.4) is 0 Å². The minimum absolute atomic E-state index is 0.306. The fourth-order valence-corrected chi connectivity index (χ4v) is 1.86. The Kier molecular flexibility index (Phi) is 6.33. The van der Waals surface area contributed by atoms with E-state index in [0.29, 0.717) is 13.2 Å². The zero-order chi connectivity index (χ0) is 15.2. The number of rotatable bonds is 5. The fraction of sp³-hybridized carbons (Fsp3) is 0.533. The Morgan fingerprint density at radius 1 is 1.35 bits per heavy atom. The van der Waals surface area contributed by atoms with Gasteiger partial charge in [-0.3, -0.25) is 0 Å². The molecule has 0 spiro atoms. The van der Waals surface area contributed by atoms with Crippen molar-refractivity contribution >= 4 is 22.0 Å². The molecule has 0 aliphatic carbocycles. The summed E-state index contributed by atoms with van der Waals surface area (Å²) >= 11 is 3.39. The summed E-state index contributed by atoms with van der Waals surface area (Å²) in [5, 5.41) is 0. The summed E-state index contributed by atoms with van der Waals surface area (Å²) in [4.78, 5) is 13.3. The Morgan fingerprint density at radius 3 is 2.65 bits per heavy atom. The van der Waals surface area contributed by atoms with Crippen LogP contribution in [-0.4, -0.2) is 36.8 Å². The van der Waals surface area contributed by atoms with E-state index in [1.165, 1.54) is 0 Å². The summed E-state index contributed by atoms with van der Waals surface area (Å²) in [7, 11) is 1.73. The van der Waals surface area contributed by atoms with Crippen molar-refractivity contribution in [3.05, 3.63) is 28.7 Å². The highest BCUT2D eigenvalue weighted by atomic mass is 79.9. The smallest absolute Gasteiger partial charge is 0.410 e. The molecule has 1 rings (SSSR count). The van der Waals surface area contributed by atoms with Crippen molar-refractivity contribution in [3.63, 3.8) is 0 Å². The average molecular weight is 344 g/mol. The summed E-state index contributed by atoms with van der Waals surface area (Å²) < 4.78 is 11.9. The standard InChI is InChI=1S/C15H22BrNO3/c1-15(2,3)20-14(18)17(4)9-6-10-19-13-8-5-7-12(16)11-13/h5,7-8,11H,6,9-10H2,1-4H3. The molecule has 0 N–H and O–H groups in total. The van der Waals surface area contributed by atoms with E-state index in [1.54, 1.807) is 11.9 Å². The molecule has 0 unspecified atom stereocenters. The molecule has 5 heteroatoms. The van der Waals surface area contributed by atoms with Crippen LogP contribution in [0.25, 0.3) is 0 Å². The van der Waals surface area contributed by atoms with E-state index in [4.69, 9.17) is 9.47 Å². The Balaban J connectivity index is 2.25. The molecule has 1 amide bonds. The first-order chi connectivity index (χ1) is 9.28. The van der Waals surface area contributed by atoms with Gasteiger partial charge in [-0.2, -0.15) is 0 Å². The van der Waals surface area contributed by atoms with E-state index >= 15 is 0 Å². The van der Waals surface area contributed by atoms with Gasteiger partial charge in [-0.25, -0.2) is 4.79 Å². The van der Waals surface area contributed by atoms with Gasteiger partial charge in [0.2, 0.25) is 0 Å². The topological polar surface area (TPSA) is 38.8 Å². The van der Waals surface area contributed by atoms with Gasteiger partial charge in [-0.15, -0.1) is 0 Å². The van der Waals surface area contributed by atoms with Crippen molar-refractivity contribution in [2.24, 2.45) is 0 Å². The lowest BCUT2D eigenvalue weighted by Crippen LogP contribution is -2.35. The Morgan fingerprint density at radius 2 is 2.05 bits per heavy atom. The molecular formula is C15H22BrNO3. The summed E-state index contributed by atoms with van der Waals surface area (Å²) in [6.45, 7) is 6.73. The molecule has 0 aromatic heterocycles. The molecule has 0 heterocycles. The first-order valence-corrected chi connectivity index (χ1v) is 7.40. The lowest BCUT2D eigenvalue weighted by molar-refractivity contribution is 0.0292. The lowest BCUT2D eigenvalue weighted by atomic mass is 10.2. The molecule has 1 aromatic rings. The summed E-state index contributed by atoms with van der Waals surface area (Å²) in [5.41, 5.74) is -0.460. The number of nitrogens with zero attached hydrogens (tertiary/aromatic N) is 1. The van der Waals surface area contributed by atoms with E-state index in [1.807, 2.05) is 45.0 Å². The second-order valence-corrected chi connectivity index (χ2v) is 6.48. The number of hydrogen-bond acceptors (Lipinski definition) is 3. The number of carbonyl (C=O) groups is 1. The maximum absolute atomic E-state index is 11.7. The van der Waals surface area contributed by atoms with Crippen LogP contribution in [0.4, 0.5) is 4.79 Å². The van der Waals surface area contributed by atoms with Gasteiger partial charge in [0.25, 0.3) is 0 Å². The molecule has 1 aromatic carbocycles. The zero-order valence-corrected chi connectivity index (χ0v) is 14.1. The first-order valence-electron chi connectivity index (χ1n) is 6.60. The van der Waals surface area contributed by atoms with Crippen LogP contribution in [0.2, 0.25) is 0 Å². The van der Waals surface area contributed by atoms with Crippen molar-refractivity contribution in [1.29, 1.82) is 0 Å². The molecule has 112 valence electrons. The molecule has 0 radical (unpaired) electrons. The highest BCUT2D eigenvalue weighted by Crippen LogP contribution is 2.17. The molecule has 0 bridgehead atoms. The fourth-order valence-electron chi connectivity index (χ4n) is 1.48. The molecular weight excluding hydrogens is 322 g/mol. The Hall–Kier alpha value is -1.23. The monoisotopic (exact) mass is 343 g/mol. The maximum atomic E-state index is 11.7. The first kappa shape index (κ1) is 16.8. The second kappa shape index (κ2) is 7.53. The van der Waals surface area contributed by atoms with Crippen LogP contribution in [0.1, 0.15) is 27.2 Å². The van der Waals surface area contributed by atoms with Crippen molar-refractivity contribution in [1.82, 2.24) is 4.90 Å². The Labute approximate surface area is 129 Å². The lowest BCUT2D eigenvalue weighted by Gasteiger charge is -2.24. The second-order valence-electron chi connectivity index (χ2n) is 5.56. The third-order valence-corrected chi connectivity index (χ3v) is 2.90. The number of ether oxygens (including phenoxy) is 2. The molecule has 0 saturated heterocycles. The molecule has 0 saturated carbocycles. The number of amides is 1. The largest absolute Gasteiger partial charge is 0.493 e. The molecule has 0 atom stereocenters. The number of carbonyl (C=O) groups excluding carboxylic acids is 1. The maximum Gasteiger partial charge on any atom is 0.410 e. The molecule has 0 aliphatic rings. The summed E-state index contributed by atoms with van der Waals surface area (Å²) in [6, 6.07) is 7.69. The van der Waals surface area contributed by atoms with Crippen molar-refractivity contribution in [2.45, 2.75) is 32.8 Å². The van der Waals surface area contributed by atoms with Crippen LogP contribution >= 0.6 is 15.9 Å². The van der Waals surface area contributed by atoms with Gasteiger partial charge in [-0.1, -0.05) is 22.0 Å². The van der Waals surface area contributed by atoms with Crippen molar-refractivity contribution in [3.8, 4) is 5.75 Å². The molecule has 4 nitrogen and oxygen atoms in total. The zero-order valence-electron chi connectivity index (χ0n) is 12.5. The number of halogens is 1. The van der Waals surface area contributed by atoms with Gasteiger partial charge < -0.3 is 14.4 Å². The predicted molar refractivity (Wildman–Crippen MR) is 83.1 cm³/mol. The van der Waals surface area contributed by atoms with Crippen molar-refractivity contribution in [2.75, 3.05) is 20.2 Å². The number of benzene rings is 1. The third-order valence-electron chi connectivity index (χ3n) is 2.41. The normalized spacial score (nSPS) is 11.1. The average Bonchev–Trinajstić information content (AvgIpc) is 2.32. The summed E-state index contributed by atoms with van der Waals surface area (Å²) in [5.74, 6) is 0.819. The van der Waals surface area contributed by atoms with E-state index in [-0.39, 0.29) is 6.09 Å². The minimum Gasteiger partial charge on any atom is -0.493 e. The van der Waals surface area contributed by atoms with Gasteiger partial charge in [0, 0.05) is 18.1 Å². The molecule has 20 heavy (non-hydrogen) atoms. The van der Waals surface area contributed by atoms with Crippen LogP contribution in [0, 0.1) is 0 Å². The van der Waals surface area contributed by atoms with Crippen LogP contribution in [0.15, 0.2) is 28.7 Å². The van der Waals surface area contributed by atoms with Gasteiger partial charge >= 0.3 is 6.09 Å². The van der Waals surface area contributed by atoms with Gasteiger partial charge in [0.15, 0.2) is 0 Å². The SMILES string of the molecule is CN(CCCOc1cccc(Br)c1)C(=O)OC(C)(C)C. The van der Waals surface area contributed by atoms with E-state index in [2.05, 4.69) is 15.9 Å². The van der Waals surface area contributed by atoms with E-state index < -0.39 is 5.60 Å². The molecule has 0 fully saturated rings.